The average molecular weight is 320 g/mol. The van der Waals surface area contributed by atoms with Crippen molar-refractivity contribution < 1.29 is 4.74 Å². The van der Waals surface area contributed by atoms with Gasteiger partial charge in [-0.3, -0.25) is 0 Å². The van der Waals surface area contributed by atoms with Gasteiger partial charge < -0.3 is 4.74 Å². The van der Waals surface area contributed by atoms with Crippen LogP contribution in [-0.2, 0) is 0 Å². The van der Waals surface area contributed by atoms with Crippen molar-refractivity contribution in [2.45, 2.75) is 39.0 Å². The van der Waals surface area contributed by atoms with Crippen LogP contribution in [0.2, 0.25) is 0 Å². The van der Waals surface area contributed by atoms with Crippen LogP contribution in [0.1, 0.15) is 44.6 Å². The minimum atomic E-state index is 0.0717. The first kappa shape index (κ1) is 14.8. The van der Waals surface area contributed by atoms with Crippen LogP contribution in [-0.4, -0.2) is 6.61 Å². The molecule has 1 rings (SSSR count). The summed E-state index contributed by atoms with van der Waals surface area (Å²) in [5.74, 6) is 1.58. The fourth-order valence-electron chi connectivity index (χ4n) is 1.65. The van der Waals surface area contributed by atoms with Crippen LogP contribution >= 0.6 is 27.5 Å². The summed E-state index contributed by atoms with van der Waals surface area (Å²) in [7, 11) is 0. The molecule has 3 heteroatoms. The summed E-state index contributed by atoms with van der Waals surface area (Å²) >= 11 is 9.97. The highest BCUT2D eigenvalue weighted by Gasteiger charge is 2.12. The van der Waals surface area contributed by atoms with E-state index >= 15 is 0 Å². The minimum absolute atomic E-state index is 0.0717. The van der Waals surface area contributed by atoms with Gasteiger partial charge in [0.1, 0.15) is 5.75 Å². The number of hydrogen-bond donors (Lipinski definition) is 0. The molecule has 0 bridgehead atoms. The summed E-state index contributed by atoms with van der Waals surface area (Å²) in [4.78, 5) is 0. The summed E-state index contributed by atoms with van der Waals surface area (Å²) in [6, 6.07) is 6.02. The van der Waals surface area contributed by atoms with Gasteiger partial charge in [-0.15, -0.1) is 11.6 Å². The quantitative estimate of drug-likeness (QED) is 0.623. The van der Waals surface area contributed by atoms with Crippen molar-refractivity contribution in [3.05, 3.63) is 28.2 Å². The van der Waals surface area contributed by atoms with E-state index in [-0.39, 0.29) is 5.38 Å². The number of halogens is 2. The normalized spacial score (nSPS) is 12.8. The molecule has 1 atom stereocenters. The second kappa shape index (κ2) is 7.27. The average Bonchev–Trinajstić information content (AvgIpc) is 2.26. The Kier molecular flexibility index (Phi) is 6.35. The molecule has 0 saturated carbocycles. The lowest BCUT2D eigenvalue weighted by atomic mass is 10.0. The number of benzene rings is 1. The number of ether oxygens (including phenoxy) is 1. The predicted octanol–water partition coefficient (Wildman–Crippen LogP) is 5.56. The van der Waals surface area contributed by atoms with Gasteiger partial charge in [-0.2, -0.15) is 0 Å². The van der Waals surface area contributed by atoms with Gasteiger partial charge in [0.05, 0.1) is 12.0 Å². The molecule has 0 N–H and O–H groups in total. The molecule has 0 spiro atoms. The van der Waals surface area contributed by atoms with Crippen LogP contribution in [0.5, 0.6) is 5.75 Å². The van der Waals surface area contributed by atoms with E-state index in [0.29, 0.717) is 12.5 Å². The first-order valence-electron chi connectivity index (χ1n) is 6.11. The van der Waals surface area contributed by atoms with E-state index < -0.39 is 0 Å². The van der Waals surface area contributed by atoms with Crippen molar-refractivity contribution in [2.24, 2.45) is 5.92 Å². The maximum atomic E-state index is 6.41. The molecule has 0 radical (unpaired) electrons. The van der Waals surface area contributed by atoms with Crippen molar-refractivity contribution in [1.82, 2.24) is 0 Å². The van der Waals surface area contributed by atoms with Crippen LogP contribution in [0.4, 0.5) is 0 Å². The molecule has 0 amide bonds. The molecule has 0 aromatic heterocycles. The molecular formula is C14H20BrClO. The molecule has 1 aromatic carbocycles. The van der Waals surface area contributed by atoms with E-state index in [1.807, 2.05) is 25.1 Å². The van der Waals surface area contributed by atoms with Crippen molar-refractivity contribution in [3.63, 3.8) is 0 Å². The highest BCUT2D eigenvalue weighted by molar-refractivity contribution is 9.10. The van der Waals surface area contributed by atoms with Crippen molar-refractivity contribution in [1.29, 1.82) is 0 Å². The summed E-state index contributed by atoms with van der Waals surface area (Å²) in [5, 5.41) is 0.0717. The Hall–Kier alpha value is -0.210. The Bertz CT molecular complexity index is 352. The molecule has 0 aliphatic carbocycles. The third kappa shape index (κ3) is 4.89. The number of alkyl halides is 1. The lowest BCUT2D eigenvalue weighted by Crippen LogP contribution is -1.97. The smallest absolute Gasteiger partial charge is 0.120 e. The van der Waals surface area contributed by atoms with Gasteiger partial charge in [0.2, 0.25) is 0 Å². The van der Waals surface area contributed by atoms with Gasteiger partial charge in [-0.25, -0.2) is 0 Å². The third-order valence-corrected chi connectivity index (χ3v) is 3.76. The monoisotopic (exact) mass is 318 g/mol. The topological polar surface area (TPSA) is 9.23 Å². The first-order valence-corrected chi connectivity index (χ1v) is 7.33. The molecule has 0 aliphatic heterocycles. The molecule has 17 heavy (non-hydrogen) atoms. The molecule has 1 nitrogen and oxygen atoms in total. The predicted molar refractivity (Wildman–Crippen MR) is 78.0 cm³/mol. The van der Waals surface area contributed by atoms with Crippen LogP contribution in [0.25, 0.3) is 0 Å². The van der Waals surface area contributed by atoms with Crippen LogP contribution in [0, 0.1) is 5.92 Å². The zero-order valence-corrected chi connectivity index (χ0v) is 13.0. The Balaban J connectivity index is 2.70. The number of rotatable bonds is 6. The van der Waals surface area contributed by atoms with Crippen LogP contribution in [0.15, 0.2) is 22.7 Å². The van der Waals surface area contributed by atoms with Gasteiger partial charge in [0, 0.05) is 4.47 Å². The number of hydrogen-bond acceptors (Lipinski definition) is 1. The molecule has 1 aromatic rings. The molecule has 0 fully saturated rings. The fourth-order valence-corrected chi connectivity index (χ4v) is 2.74. The molecule has 0 heterocycles. The van der Waals surface area contributed by atoms with Gasteiger partial charge in [0.15, 0.2) is 0 Å². The van der Waals surface area contributed by atoms with E-state index in [0.717, 1.165) is 28.6 Å². The second-order valence-corrected chi connectivity index (χ2v) is 5.94. The third-order valence-electron chi connectivity index (χ3n) is 2.62. The summed E-state index contributed by atoms with van der Waals surface area (Å²) in [6.07, 6.45) is 2.15. The van der Waals surface area contributed by atoms with Gasteiger partial charge in [0.25, 0.3) is 0 Å². The highest BCUT2D eigenvalue weighted by Crippen LogP contribution is 2.34. The lowest BCUT2D eigenvalue weighted by molar-refractivity contribution is 0.340. The van der Waals surface area contributed by atoms with Gasteiger partial charge in [-0.1, -0.05) is 35.8 Å². The Labute approximate surface area is 118 Å². The first-order chi connectivity index (χ1) is 8.04. The van der Waals surface area contributed by atoms with Crippen molar-refractivity contribution in [2.75, 3.05) is 6.61 Å². The summed E-state index contributed by atoms with van der Waals surface area (Å²) in [5.41, 5.74) is 1.15. The van der Waals surface area contributed by atoms with E-state index in [2.05, 4.69) is 29.8 Å². The van der Waals surface area contributed by atoms with E-state index in [4.69, 9.17) is 16.3 Å². The highest BCUT2D eigenvalue weighted by atomic mass is 79.9. The van der Waals surface area contributed by atoms with E-state index in [1.54, 1.807) is 0 Å². The Morgan fingerprint density at radius 1 is 1.29 bits per heavy atom. The van der Waals surface area contributed by atoms with E-state index in [9.17, 15) is 0 Å². The standard InChI is InChI=1S/C14H20BrClO/c1-4-17-11-6-7-12(13(15)9-11)14(16)8-5-10(2)3/h6-7,9-10,14H,4-5,8H2,1-3H3. The molecule has 0 saturated heterocycles. The second-order valence-electron chi connectivity index (χ2n) is 4.56. The van der Waals surface area contributed by atoms with Crippen molar-refractivity contribution >= 4 is 27.5 Å². The van der Waals surface area contributed by atoms with Crippen molar-refractivity contribution in [3.8, 4) is 5.75 Å². The lowest BCUT2D eigenvalue weighted by Gasteiger charge is -2.14. The zero-order valence-electron chi connectivity index (χ0n) is 10.7. The molecule has 96 valence electrons. The largest absolute Gasteiger partial charge is 0.494 e. The SMILES string of the molecule is CCOc1ccc(C(Cl)CCC(C)C)c(Br)c1. The maximum Gasteiger partial charge on any atom is 0.120 e. The fraction of sp³-hybridized carbons (Fsp3) is 0.571. The Morgan fingerprint density at radius 2 is 2.00 bits per heavy atom. The van der Waals surface area contributed by atoms with Gasteiger partial charge >= 0.3 is 0 Å². The minimum Gasteiger partial charge on any atom is -0.494 e. The Morgan fingerprint density at radius 3 is 2.53 bits per heavy atom. The van der Waals surface area contributed by atoms with Gasteiger partial charge in [-0.05, 0) is 43.4 Å². The molecule has 1 unspecified atom stereocenters. The maximum absolute atomic E-state index is 6.41. The summed E-state index contributed by atoms with van der Waals surface area (Å²) < 4.78 is 6.48. The summed E-state index contributed by atoms with van der Waals surface area (Å²) in [6.45, 7) is 7.10. The molecule has 0 aliphatic rings. The van der Waals surface area contributed by atoms with E-state index in [1.165, 1.54) is 0 Å². The van der Waals surface area contributed by atoms with Crippen LogP contribution in [0.3, 0.4) is 0 Å². The van der Waals surface area contributed by atoms with Crippen LogP contribution < -0.4 is 4.74 Å². The zero-order chi connectivity index (χ0) is 12.8. The molecular weight excluding hydrogens is 300 g/mol.